The number of rotatable bonds is 11. The highest BCUT2D eigenvalue weighted by atomic mass is 16.5. The fraction of sp³-hybridized carbons (Fsp3) is 0.483. The number of hydrogen-bond donors (Lipinski definition) is 3. The summed E-state index contributed by atoms with van der Waals surface area (Å²) in [6.07, 6.45) is 0. The summed E-state index contributed by atoms with van der Waals surface area (Å²) in [5, 5.41) is 8.23. The molecule has 0 bridgehead atoms. The van der Waals surface area contributed by atoms with Gasteiger partial charge in [0, 0.05) is 63.7 Å². The molecule has 2 heterocycles. The second-order valence-electron chi connectivity index (χ2n) is 9.70. The van der Waals surface area contributed by atoms with Crippen molar-refractivity contribution in [2.45, 2.75) is 6.92 Å². The molecule has 222 valence electrons. The van der Waals surface area contributed by atoms with Crippen molar-refractivity contribution in [3.63, 3.8) is 0 Å². The number of anilines is 3. The molecule has 0 spiro atoms. The molecule has 12 nitrogen and oxygen atoms in total. The molecule has 3 amide bonds. The predicted octanol–water partition coefficient (Wildman–Crippen LogP) is 1.77. The molecule has 0 saturated carbocycles. The van der Waals surface area contributed by atoms with Gasteiger partial charge in [-0.05, 0) is 37.3 Å². The first-order chi connectivity index (χ1) is 20.0. The monoisotopic (exact) mass is 568 g/mol. The number of nitrogens with zero attached hydrogens (tertiary/aromatic N) is 3. The average molecular weight is 569 g/mol. The molecule has 0 radical (unpaired) electrons. The van der Waals surface area contributed by atoms with E-state index in [0.717, 1.165) is 49.8 Å². The van der Waals surface area contributed by atoms with Gasteiger partial charge < -0.3 is 40.0 Å². The quantitative estimate of drug-likeness (QED) is 0.348. The molecule has 0 unspecified atom stereocenters. The van der Waals surface area contributed by atoms with Crippen LogP contribution in [0.2, 0.25) is 0 Å². The minimum Gasteiger partial charge on any atom is -0.495 e. The molecule has 0 aliphatic carbocycles. The lowest BCUT2D eigenvalue weighted by Gasteiger charge is -2.38. The standard InChI is InChI=1S/C29H40N6O6/c1-3-41-27(36)21-31-29(38)32-22-8-9-24(23(20-22)28(37)30-10-11-33-16-18-40-19-17-33)34-12-14-35(15-13-34)25-6-4-5-7-26(25)39-2/h4-9,20H,3,10-19,21H2,1-2H3,(H,30,37)(H2,31,32,38). The first kappa shape index (κ1) is 29.9. The molecule has 2 fully saturated rings. The van der Waals surface area contributed by atoms with Crippen LogP contribution in [0.1, 0.15) is 17.3 Å². The highest BCUT2D eigenvalue weighted by molar-refractivity contribution is 6.02. The average Bonchev–Trinajstić information content (AvgIpc) is 3.01. The number of amides is 3. The molecule has 0 atom stereocenters. The number of hydrogen-bond acceptors (Lipinski definition) is 9. The van der Waals surface area contributed by atoms with E-state index in [1.165, 1.54) is 0 Å². The number of carbonyl (C=O) groups excluding carboxylic acids is 3. The maximum atomic E-state index is 13.4. The van der Waals surface area contributed by atoms with Gasteiger partial charge in [0.05, 0.1) is 38.2 Å². The fourth-order valence-electron chi connectivity index (χ4n) is 4.94. The number of esters is 1. The highest BCUT2D eigenvalue weighted by Crippen LogP contribution is 2.31. The third-order valence-electron chi connectivity index (χ3n) is 7.06. The summed E-state index contributed by atoms with van der Waals surface area (Å²) in [6.45, 7) is 8.94. The second-order valence-corrected chi connectivity index (χ2v) is 9.70. The zero-order valence-corrected chi connectivity index (χ0v) is 23.8. The van der Waals surface area contributed by atoms with Gasteiger partial charge in [-0.2, -0.15) is 0 Å². The highest BCUT2D eigenvalue weighted by Gasteiger charge is 2.24. The Balaban J connectivity index is 1.44. The van der Waals surface area contributed by atoms with Crippen LogP contribution in [0.4, 0.5) is 21.9 Å². The Morgan fingerprint density at radius 2 is 1.61 bits per heavy atom. The van der Waals surface area contributed by atoms with Crippen LogP contribution in [-0.2, 0) is 14.3 Å². The first-order valence-corrected chi connectivity index (χ1v) is 14.0. The van der Waals surface area contributed by atoms with E-state index in [0.29, 0.717) is 44.1 Å². The number of nitrogens with one attached hydrogen (secondary N) is 3. The van der Waals surface area contributed by atoms with Gasteiger partial charge in [-0.3, -0.25) is 14.5 Å². The van der Waals surface area contributed by atoms with E-state index < -0.39 is 12.0 Å². The molecule has 2 aromatic carbocycles. The number of methoxy groups -OCH3 is 1. The smallest absolute Gasteiger partial charge is 0.325 e. The Morgan fingerprint density at radius 1 is 0.902 bits per heavy atom. The maximum Gasteiger partial charge on any atom is 0.325 e. The minimum absolute atomic E-state index is 0.212. The summed E-state index contributed by atoms with van der Waals surface area (Å²) < 4.78 is 15.8. The van der Waals surface area contributed by atoms with Crippen LogP contribution < -0.4 is 30.5 Å². The van der Waals surface area contributed by atoms with Crippen LogP contribution in [0.5, 0.6) is 5.75 Å². The topological polar surface area (TPSA) is 125 Å². The Hall–Kier alpha value is -4.03. The third-order valence-corrected chi connectivity index (χ3v) is 7.06. The van der Waals surface area contributed by atoms with Crippen molar-refractivity contribution in [2.75, 3.05) is 101 Å². The van der Waals surface area contributed by atoms with Crippen LogP contribution >= 0.6 is 0 Å². The fourth-order valence-corrected chi connectivity index (χ4v) is 4.94. The molecule has 4 rings (SSSR count). The van der Waals surface area contributed by atoms with Gasteiger partial charge in [0.2, 0.25) is 0 Å². The van der Waals surface area contributed by atoms with Crippen LogP contribution in [0.3, 0.4) is 0 Å². The summed E-state index contributed by atoms with van der Waals surface area (Å²) in [7, 11) is 1.67. The summed E-state index contributed by atoms with van der Waals surface area (Å²) in [4.78, 5) is 44.1. The summed E-state index contributed by atoms with van der Waals surface area (Å²) in [5.74, 6) is 0.0968. The third kappa shape index (κ3) is 8.48. The molecular formula is C29H40N6O6. The Bertz CT molecular complexity index is 1180. The van der Waals surface area contributed by atoms with E-state index in [1.54, 1.807) is 26.2 Å². The van der Waals surface area contributed by atoms with E-state index in [2.05, 4.69) is 36.7 Å². The van der Waals surface area contributed by atoms with E-state index >= 15 is 0 Å². The van der Waals surface area contributed by atoms with Crippen molar-refractivity contribution in [3.05, 3.63) is 48.0 Å². The van der Waals surface area contributed by atoms with Gasteiger partial charge in [0.15, 0.2) is 0 Å². The van der Waals surface area contributed by atoms with Crippen molar-refractivity contribution >= 4 is 35.0 Å². The summed E-state index contributed by atoms with van der Waals surface area (Å²) in [5.41, 5.74) is 2.76. The largest absolute Gasteiger partial charge is 0.495 e. The molecule has 3 N–H and O–H groups in total. The van der Waals surface area contributed by atoms with E-state index in [1.807, 2.05) is 24.3 Å². The molecule has 2 saturated heterocycles. The summed E-state index contributed by atoms with van der Waals surface area (Å²) in [6, 6.07) is 12.7. The molecule has 2 aliphatic rings. The SMILES string of the molecule is CCOC(=O)CNC(=O)Nc1ccc(N2CCN(c3ccccc3OC)CC2)c(C(=O)NCCN2CCOCC2)c1. The van der Waals surface area contributed by atoms with Gasteiger partial charge >= 0.3 is 12.0 Å². The van der Waals surface area contributed by atoms with Gasteiger partial charge in [-0.25, -0.2) is 4.79 Å². The van der Waals surface area contributed by atoms with Crippen molar-refractivity contribution in [1.82, 2.24) is 15.5 Å². The normalized spacial score (nSPS) is 15.7. The van der Waals surface area contributed by atoms with Gasteiger partial charge in [0.1, 0.15) is 12.3 Å². The van der Waals surface area contributed by atoms with Crippen LogP contribution in [0.15, 0.2) is 42.5 Å². The lowest BCUT2D eigenvalue weighted by molar-refractivity contribution is -0.141. The molecule has 12 heteroatoms. The second kappa shape index (κ2) is 15.1. The van der Waals surface area contributed by atoms with Crippen LogP contribution in [0, 0.1) is 0 Å². The number of piperazine rings is 1. The number of carbonyl (C=O) groups is 3. The number of morpholine rings is 1. The number of ether oxygens (including phenoxy) is 3. The van der Waals surface area contributed by atoms with Gasteiger partial charge in [0.25, 0.3) is 5.91 Å². The lowest BCUT2D eigenvalue weighted by atomic mass is 10.1. The van der Waals surface area contributed by atoms with Gasteiger partial charge in [-0.15, -0.1) is 0 Å². The van der Waals surface area contributed by atoms with E-state index in [4.69, 9.17) is 14.2 Å². The van der Waals surface area contributed by atoms with Crippen molar-refractivity contribution in [3.8, 4) is 5.75 Å². The molecule has 2 aliphatic heterocycles. The number of para-hydroxylation sites is 2. The molecule has 0 aromatic heterocycles. The maximum absolute atomic E-state index is 13.4. The number of benzene rings is 2. The minimum atomic E-state index is -0.560. The Kier molecular flexibility index (Phi) is 11.0. The van der Waals surface area contributed by atoms with E-state index in [-0.39, 0.29) is 19.1 Å². The summed E-state index contributed by atoms with van der Waals surface area (Å²) >= 11 is 0. The van der Waals surface area contributed by atoms with Crippen molar-refractivity contribution in [1.29, 1.82) is 0 Å². The molecular weight excluding hydrogens is 528 g/mol. The Morgan fingerprint density at radius 3 is 2.32 bits per heavy atom. The van der Waals surface area contributed by atoms with Crippen molar-refractivity contribution < 1.29 is 28.6 Å². The van der Waals surface area contributed by atoms with Crippen molar-refractivity contribution in [2.24, 2.45) is 0 Å². The zero-order valence-electron chi connectivity index (χ0n) is 23.8. The molecule has 41 heavy (non-hydrogen) atoms. The molecule has 2 aromatic rings. The predicted molar refractivity (Wildman–Crippen MR) is 157 cm³/mol. The Labute approximate surface area is 240 Å². The van der Waals surface area contributed by atoms with Crippen LogP contribution in [-0.4, -0.2) is 109 Å². The lowest BCUT2D eigenvalue weighted by Crippen LogP contribution is -2.47. The zero-order chi connectivity index (χ0) is 29.0. The first-order valence-electron chi connectivity index (χ1n) is 14.0. The number of urea groups is 1. The van der Waals surface area contributed by atoms with Crippen LogP contribution in [0.25, 0.3) is 0 Å². The van der Waals surface area contributed by atoms with Gasteiger partial charge in [-0.1, -0.05) is 12.1 Å². The van der Waals surface area contributed by atoms with E-state index in [9.17, 15) is 14.4 Å².